The van der Waals surface area contributed by atoms with Crippen molar-refractivity contribution >= 4 is 11.9 Å². The van der Waals surface area contributed by atoms with Gasteiger partial charge in [-0.05, 0) is 26.2 Å². The third-order valence-electron chi connectivity index (χ3n) is 4.33. The van der Waals surface area contributed by atoms with Crippen molar-refractivity contribution in [2.24, 2.45) is 11.3 Å². The van der Waals surface area contributed by atoms with E-state index in [1.165, 1.54) is 0 Å². The molecular formula is C13H21NO4. The SMILES string of the molecule is CC1OCCC1C(=O)NCC1(C(=O)O)CCCC1. The molecule has 5 nitrogen and oxygen atoms in total. The van der Waals surface area contributed by atoms with E-state index in [-0.39, 0.29) is 24.5 Å². The van der Waals surface area contributed by atoms with Crippen LogP contribution in [0.15, 0.2) is 0 Å². The maximum absolute atomic E-state index is 12.0. The number of hydrogen-bond donors (Lipinski definition) is 2. The third kappa shape index (κ3) is 2.51. The monoisotopic (exact) mass is 255 g/mol. The summed E-state index contributed by atoms with van der Waals surface area (Å²) in [5, 5.41) is 12.1. The van der Waals surface area contributed by atoms with Crippen molar-refractivity contribution in [3.05, 3.63) is 0 Å². The number of carboxylic acid groups (broad SMARTS) is 1. The van der Waals surface area contributed by atoms with E-state index in [9.17, 15) is 14.7 Å². The minimum atomic E-state index is -0.781. The number of carbonyl (C=O) groups is 2. The number of amides is 1. The van der Waals surface area contributed by atoms with Crippen molar-refractivity contribution in [3.8, 4) is 0 Å². The average molecular weight is 255 g/mol. The molecule has 102 valence electrons. The Balaban J connectivity index is 1.90. The Morgan fingerprint density at radius 3 is 2.56 bits per heavy atom. The molecule has 0 aromatic heterocycles. The number of hydrogen-bond acceptors (Lipinski definition) is 3. The molecule has 0 aromatic rings. The van der Waals surface area contributed by atoms with Gasteiger partial charge in [-0.2, -0.15) is 0 Å². The molecule has 5 heteroatoms. The second-order valence-corrected chi connectivity index (χ2v) is 5.48. The lowest BCUT2D eigenvalue weighted by Gasteiger charge is -2.25. The van der Waals surface area contributed by atoms with Crippen LogP contribution in [0, 0.1) is 11.3 Å². The Hall–Kier alpha value is -1.10. The van der Waals surface area contributed by atoms with E-state index in [2.05, 4.69) is 5.32 Å². The summed E-state index contributed by atoms with van der Waals surface area (Å²) in [7, 11) is 0. The van der Waals surface area contributed by atoms with Gasteiger partial charge in [0.05, 0.1) is 17.4 Å². The van der Waals surface area contributed by atoms with E-state index < -0.39 is 11.4 Å². The number of nitrogens with one attached hydrogen (secondary N) is 1. The Morgan fingerprint density at radius 2 is 2.06 bits per heavy atom. The fourth-order valence-electron chi connectivity index (χ4n) is 2.98. The zero-order valence-corrected chi connectivity index (χ0v) is 10.8. The summed E-state index contributed by atoms with van der Waals surface area (Å²) in [5.41, 5.74) is -0.738. The van der Waals surface area contributed by atoms with Gasteiger partial charge >= 0.3 is 5.97 Å². The quantitative estimate of drug-likeness (QED) is 0.790. The molecule has 2 N–H and O–H groups in total. The molecule has 1 saturated heterocycles. The lowest BCUT2D eigenvalue weighted by Crippen LogP contribution is -2.44. The average Bonchev–Trinajstić information content (AvgIpc) is 2.95. The molecule has 1 saturated carbocycles. The number of aliphatic carboxylic acids is 1. The van der Waals surface area contributed by atoms with E-state index in [0.717, 1.165) is 19.3 Å². The highest BCUT2D eigenvalue weighted by atomic mass is 16.5. The first-order valence-corrected chi connectivity index (χ1v) is 6.68. The van der Waals surface area contributed by atoms with Crippen LogP contribution in [-0.2, 0) is 14.3 Å². The fourth-order valence-corrected chi connectivity index (χ4v) is 2.98. The first-order chi connectivity index (χ1) is 8.55. The molecule has 1 heterocycles. The normalized spacial score (nSPS) is 30.3. The second kappa shape index (κ2) is 5.26. The Kier molecular flexibility index (Phi) is 3.90. The third-order valence-corrected chi connectivity index (χ3v) is 4.33. The van der Waals surface area contributed by atoms with Crippen LogP contribution < -0.4 is 5.32 Å². The van der Waals surface area contributed by atoms with Gasteiger partial charge < -0.3 is 15.2 Å². The number of ether oxygens (including phenoxy) is 1. The molecule has 0 radical (unpaired) electrons. The largest absolute Gasteiger partial charge is 0.481 e. The smallest absolute Gasteiger partial charge is 0.311 e. The molecule has 0 spiro atoms. The van der Waals surface area contributed by atoms with Crippen molar-refractivity contribution < 1.29 is 19.4 Å². The van der Waals surface area contributed by atoms with E-state index in [4.69, 9.17) is 4.74 Å². The van der Waals surface area contributed by atoms with Gasteiger partial charge in [0.2, 0.25) is 5.91 Å². The molecule has 1 aliphatic carbocycles. The summed E-state index contributed by atoms with van der Waals surface area (Å²) in [6.45, 7) is 2.76. The zero-order chi connectivity index (χ0) is 13.2. The van der Waals surface area contributed by atoms with Crippen LogP contribution in [0.5, 0.6) is 0 Å². The number of rotatable bonds is 4. The van der Waals surface area contributed by atoms with Gasteiger partial charge in [-0.3, -0.25) is 9.59 Å². The standard InChI is InChI=1S/C13H21NO4/c1-9-10(4-7-18-9)11(15)14-8-13(12(16)17)5-2-3-6-13/h9-10H,2-8H2,1H3,(H,14,15)(H,16,17). The van der Waals surface area contributed by atoms with Crippen LogP contribution in [0.25, 0.3) is 0 Å². The Morgan fingerprint density at radius 1 is 1.39 bits per heavy atom. The summed E-state index contributed by atoms with van der Waals surface area (Å²) in [6, 6.07) is 0. The molecule has 0 bridgehead atoms. The molecule has 1 aliphatic heterocycles. The van der Waals surface area contributed by atoms with Crippen LogP contribution >= 0.6 is 0 Å². The van der Waals surface area contributed by atoms with Crippen molar-refractivity contribution in [2.45, 2.75) is 45.1 Å². The summed E-state index contributed by atoms with van der Waals surface area (Å²) in [6.07, 6.45) is 3.87. The topological polar surface area (TPSA) is 75.6 Å². The van der Waals surface area contributed by atoms with Gasteiger partial charge in [0.1, 0.15) is 0 Å². The van der Waals surface area contributed by atoms with Crippen LogP contribution in [0.1, 0.15) is 39.0 Å². The molecule has 0 aromatic carbocycles. The zero-order valence-electron chi connectivity index (χ0n) is 10.8. The van der Waals surface area contributed by atoms with Crippen molar-refractivity contribution in [2.75, 3.05) is 13.2 Å². The van der Waals surface area contributed by atoms with E-state index in [1.807, 2.05) is 6.92 Å². The Labute approximate surface area is 107 Å². The van der Waals surface area contributed by atoms with Gasteiger partial charge in [-0.1, -0.05) is 12.8 Å². The number of carbonyl (C=O) groups excluding carboxylic acids is 1. The highest BCUT2D eigenvalue weighted by Crippen LogP contribution is 2.37. The molecule has 2 aliphatic rings. The van der Waals surface area contributed by atoms with Gasteiger partial charge in [-0.25, -0.2) is 0 Å². The van der Waals surface area contributed by atoms with E-state index >= 15 is 0 Å². The van der Waals surface area contributed by atoms with Crippen LogP contribution in [0.4, 0.5) is 0 Å². The molecule has 2 unspecified atom stereocenters. The van der Waals surface area contributed by atoms with Crippen LogP contribution in [0.2, 0.25) is 0 Å². The molecule has 1 amide bonds. The minimum absolute atomic E-state index is 0.0608. The molecular weight excluding hydrogens is 234 g/mol. The Bertz CT molecular complexity index is 336. The predicted molar refractivity (Wildman–Crippen MR) is 65.1 cm³/mol. The van der Waals surface area contributed by atoms with Crippen molar-refractivity contribution in [1.82, 2.24) is 5.32 Å². The lowest BCUT2D eigenvalue weighted by molar-refractivity contribution is -0.148. The van der Waals surface area contributed by atoms with Crippen molar-refractivity contribution in [3.63, 3.8) is 0 Å². The van der Waals surface area contributed by atoms with E-state index in [0.29, 0.717) is 19.4 Å². The summed E-state index contributed by atoms with van der Waals surface area (Å²) >= 11 is 0. The maximum atomic E-state index is 12.0. The van der Waals surface area contributed by atoms with E-state index in [1.54, 1.807) is 0 Å². The minimum Gasteiger partial charge on any atom is -0.481 e. The summed E-state index contributed by atoms with van der Waals surface area (Å²) in [4.78, 5) is 23.3. The fraction of sp³-hybridized carbons (Fsp3) is 0.846. The predicted octanol–water partition coefficient (Wildman–Crippen LogP) is 1.17. The lowest BCUT2D eigenvalue weighted by atomic mass is 9.86. The summed E-state index contributed by atoms with van der Waals surface area (Å²) in [5.74, 6) is -0.971. The van der Waals surface area contributed by atoms with Crippen molar-refractivity contribution in [1.29, 1.82) is 0 Å². The maximum Gasteiger partial charge on any atom is 0.311 e. The second-order valence-electron chi connectivity index (χ2n) is 5.48. The highest BCUT2D eigenvalue weighted by Gasteiger charge is 2.42. The van der Waals surface area contributed by atoms with Crippen LogP contribution in [-0.4, -0.2) is 36.2 Å². The summed E-state index contributed by atoms with van der Waals surface area (Å²) < 4.78 is 5.35. The molecule has 2 atom stereocenters. The van der Waals surface area contributed by atoms with Gasteiger partial charge in [0, 0.05) is 13.2 Å². The first-order valence-electron chi connectivity index (χ1n) is 6.68. The molecule has 2 rings (SSSR count). The van der Waals surface area contributed by atoms with Gasteiger partial charge in [0.25, 0.3) is 0 Å². The highest BCUT2D eigenvalue weighted by molar-refractivity contribution is 5.81. The van der Waals surface area contributed by atoms with Gasteiger partial charge in [0.15, 0.2) is 0 Å². The first kappa shape index (κ1) is 13.3. The molecule has 18 heavy (non-hydrogen) atoms. The number of carboxylic acids is 1. The molecule has 2 fully saturated rings. The van der Waals surface area contributed by atoms with Gasteiger partial charge in [-0.15, -0.1) is 0 Å². The van der Waals surface area contributed by atoms with Crippen LogP contribution in [0.3, 0.4) is 0 Å².